The second-order valence-corrected chi connectivity index (χ2v) is 3.49. The molecule has 5 N–H and O–H groups in total. The average molecular weight is 252 g/mol. The lowest BCUT2D eigenvalue weighted by atomic mass is 10.1. The zero-order chi connectivity index (χ0) is 13.7. The largest absolute Gasteiger partial charge is 0.480 e. The maximum absolute atomic E-state index is 11.6. The fourth-order valence-electron chi connectivity index (χ4n) is 1.21. The van der Waals surface area contributed by atoms with E-state index in [4.69, 9.17) is 15.9 Å². The van der Waals surface area contributed by atoms with Crippen LogP contribution >= 0.6 is 0 Å². The normalized spacial score (nSPS) is 11.6. The van der Waals surface area contributed by atoms with Crippen molar-refractivity contribution in [2.24, 2.45) is 5.73 Å². The average Bonchev–Trinajstić information content (AvgIpc) is 2.35. The molecule has 0 spiro atoms. The van der Waals surface area contributed by atoms with E-state index in [0.29, 0.717) is 0 Å². The Morgan fingerprint density at radius 1 is 1.17 bits per heavy atom. The maximum atomic E-state index is 11.6. The van der Waals surface area contributed by atoms with Gasteiger partial charge in [0.25, 0.3) is 5.91 Å². The van der Waals surface area contributed by atoms with Gasteiger partial charge in [-0.05, 0) is 24.3 Å². The first-order chi connectivity index (χ1) is 8.45. The van der Waals surface area contributed by atoms with E-state index in [9.17, 15) is 14.4 Å². The molecular formula is C11H12N2O5. The number of aliphatic hydroxyl groups is 1. The molecule has 0 radical (unpaired) electrons. The molecule has 96 valence electrons. The van der Waals surface area contributed by atoms with Crippen molar-refractivity contribution < 1.29 is 24.6 Å². The molecule has 0 aliphatic heterocycles. The van der Waals surface area contributed by atoms with Crippen LogP contribution in [0.5, 0.6) is 0 Å². The summed E-state index contributed by atoms with van der Waals surface area (Å²) in [4.78, 5) is 33.0. The predicted molar refractivity (Wildman–Crippen MR) is 60.9 cm³/mol. The summed E-state index contributed by atoms with van der Waals surface area (Å²) in [5.41, 5.74) is 5.44. The lowest BCUT2D eigenvalue weighted by Crippen LogP contribution is -2.43. The fraction of sp³-hybridized carbons (Fsp3) is 0.182. The Kier molecular flexibility index (Phi) is 4.39. The highest BCUT2D eigenvalue weighted by Crippen LogP contribution is 2.04. The van der Waals surface area contributed by atoms with E-state index in [0.717, 1.165) is 0 Å². The Hall–Kier alpha value is -2.41. The van der Waals surface area contributed by atoms with Crippen LogP contribution < -0.4 is 11.1 Å². The summed E-state index contributed by atoms with van der Waals surface area (Å²) in [5.74, 6) is -2.62. The van der Waals surface area contributed by atoms with Crippen LogP contribution in [0.25, 0.3) is 0 Å². The summed E-state index contributed by atoms with van der Waals surface area (Å²) in [6, 6.07) is 4.02. The Bertz CT molecular complexity index is 469. The number of rotatable bonds is 5. The van der Waals surface area contributed by atoms with Gasteiger partial charge in [0.1, 0.15) is 0 Å². The standard InChI is InChI=1S/C11H12N2O5/c12-9(15)6-1-3-7(4-2-6)10(16)13-8(5-14)11(17)18/h1-4,8,14H,5H2,(H2,12,15)(H,13,16)(H,17,18)/t8-/m0/s1. The van der Waals surface area contributed by atoms with E-state index < -0.39 is 30.4 Å². The van der Waals surface area contributed by atoms with E-state index in [1.807, 2.05) is 0 Å². The zero-order valence-electron chi connectivity index (χ0n) is 9.29. The molecule has 18 heavy (non-hydrogen) atoms. The first kappa shape index (κ1) is 13.7. The molecule has 1 aromatic rings. The number of carboxylic acids is 1. The molecule has 1 aromatic carbocycles. The Balaban J connectivity index is 2.78. The van der Waals surface area contributed by atoms with Crippen molar-refractivity contribution in [1.82, 2.24) is 5.32 Å². The van der Waals surface area contributed by atoms with Crippen LogP contribution in [0.1, 0.15) is 20.7 Å². The molecule has 7 heteroatoms. The first-order valence-corrected chi connectivity index (χ1v) is 5.00. The fourth-order valence-corrected chi connectivity index (χ4v) is 1.21. The maximum Gasteiger partial charge on any atom is 0.328 e. The Morgan fingerprint density at radius 2 is 1.67 bits per heavy atom. The van der Waals surface area contributed by atoms with E-state index in [1.165, 1.54) is 24.3 Å². The Labute approximate surface area is 102 Å². The predicted octanol–water partition coefficient (Wildman–Crippen LogP) is -1.04. The number of nitrogens with one attached hydrogen (secondary N) is 1. The van der Waals surface area contributed by atoms with Crippen LogP contribution in [-0.2, 0) is 4.79 Å². The highest BCUT2D eigenvalue weighted by molar-refractivity contribution is 5.98. The molecular weight excluding hydrogens is 240 g/mol. The number of primary amides is 1. The van der Waals surface area contributed by atoms with Crippen molar-refractivity contribution in [2.45, 2.75) is 6.04 Å². The quantitative estimate of drug-likeness (QED) is 0.532. The summed E-state index contributed by atoms with van der Waals surface area (Å²) in [6.07, 6.45) is 0. The van der Waals surface area contributed by atoms with Crippen molar-refractivity contribution >= 4 is 17.8 Å². The zero-order valence-corrected chi connectivity index (χ0v) is 9.29. The molecule has 0 heterocycles. The van der Waals surface area contributed by atoms with Crippen molar-refractivity contribution in [2.75, 3.05) is 6.61 Å². The monoisotopic (exact) mass is 252 g/mol. The summed E-state index contributed by atoms with van der Waals surface area (Å²) in [5, 5.41) is 19.5. The molecule has 0 aliphatic rings. The summed E-state index contributed by atoms with van der Waals surface area (Å²) < 4.78 is 0. The molecule has 0 saturated carbocycles. The number of hydrogen-bond acceptors (Lipinski definition) is 4. The van der Waals surface area contributed by atoms with Crippen molar-refractivity contribution in [3.05, 3.63) is 35.4 Å². The molecule has 0 fully saturated rings. The van der Waals surface area contributed by atoms with Gasteiger partial charge >= 0.3 is 5.97 Å². The van der Waals surface area contributed by atoms with Crippen LogP contribution in [0.3, 0.4) is 0 Å². The molecule has 1 rings (SSSR count). The van der Waals surface area contributed by atoms with Gasteiger partial charge in [-0.3, -0.25) is 9.59 Å². The number of aliphatic carboxylic acids is 1. The lowest BCUT2D eigenvalue weighted by Gasteiger charge is -2.11. The third-order valence-electron chi connectivity index (χ3n) is 2.22. The number of benzene rings is 1. The van der Waals surface area contributed by atoms with E-state index in [2.05, 4.69) is 5.32 Å². The highest BCUT2D eigenvalue weighted by Gasteiger charge is 2.19. The van der Waals surface area contributed by atoms with Gasteiger partial charge in [0.05, 0.1) is 6.61 Å². The summed E-state index contributed by atoms with van der Waals surface area (Å²) in [6.45, 7) is -0.708. The van der Waals surface area contributed by atoms with Crippen LogP contribution in [0.2, 0.25) is 0 Å². The van der Waals surface area contributed by atoms with Crippen LogP contribution in [0.15, 0.2) is 24.3 Å². The number of nitrogens with two attached hydrogens (primary N) is 1. The van der Waals surface area contributed by atoms with Crippen molar-refractivity contribution in [3.63, 3.8) is 0 Å². The molecule has 1 atom stereocenters. The molecule has 0 aromatic heterocycles. The Morgan fingerprint density at radius 3 is 2.06 bits per heavy atom. The molecule has 2 amide bonds. The van der Waals surface area contributed by atoms with Gasteiger partial charge in [0.15, 0.2) is 6.04 Å². The smallest absolute Gasteiger partial charge is 0.328 e. The second-order valence-electron chi connectivity index (χ2n) is 3.49. The molecule has 0 aliphatic carbocycles. The third-order valence-corrected chi connectivity index (χ3v) is 2.22. The minimum Gasteiger partial charge on any atom is -0.480 e. The number of carbonyl (C=O) groups excluding carboxylic acids is 2. The van der Waals surface area contributed by atoms with Gasteiger partial charge in [-0.1, -0.05) is 0 Å². The minimum absolute atomic E-state index is 0.166. The molecule has 0 bridgehead atoms. The van der Waals surface area contributed by atoms with Crippen LogP contribution in [-0.4, -0.2) is 40.6 Å². The third kappa shape index (κ3) is 3.29. The summed E-state index contributed by atoms with van der Waals surface area (Å²) >= 11 is 0. The van der Waals surface area contributed by atoms with Crippen molar-refractivity contribution in [1.29, 1.82) is 0 Å². The van der Waals surface area contributed by atoms with E-state index >= 15 is 0 Å². The van der Waals surface area contributed by atoms with Crippen LogP contribution in [0.4, 0.5) is 0 Å². The van der Waals surface area contributed by atoms with Crippen molar-refractivity contribution in [3.8, 4) is 0 Å². The van der Waals surface area contributed by atoms with E-state index in [-0.39, 0.29) is 11.1 Å². The number of aliphatic hydroxyl groups excluding tert-OH is 1. The first-order valence-electron chi connectivity index (χ1n) is 5.00. The number of amides is 2. The summed E-state index contributed by atoms with van der Waals surface area (Å²) in [7, 11) is 0. The van der Waals surface area contributed by atoms with Gasteiger partial charge in [-0.15, -0.1) is 0 Å². The van der Waals surface area contributed by atoms with Gasteiger partial charge < -0.3 is 21.3 Å². The van der Waals surface area contributed by atoms with E-state index in [1.54, 1.807) is 0 Å². The minimum atomic E-state index is -1.37. The molecule has 7 nitrogen and oxygen atoms in total. The number of carboxylic acid groups (broad SMARTS) is 1. The van der Waals surface area contributed by atoms with Crippen LogP contribution in [0, 0.1) is 0 Å². The number of hydrogen-bond donors (Lipinski definition) is 4. The molecule has 0 unspecified atom stereocenters. The van der Waals surface area contributed by atoms with Gasteiger partial charge in [0.2, 0.25) is 5.91 Å². The topological polar surface area (TPSA) is 130 Å². The number of carbonyl (C=O) groups is 3. The highest BCUT2D eigenvalue weighted by atomic mass is 16.4. The van der Waals surface area contributed by atoms with Gasteiger partial charge in [0, 0.05) is 11.1 Å². The van der Waals surface area contributed by atoms with Gasteiger partial charge in [-0.2, -0.15) is 0 Å². The lowest BCUT2D eigenvalue weighted by molar-refractivity contribution is -0.140. The SMILES string of the molecule is NC(=O)c1ccc(C(=O)N[C@@H](CO)C(=O)O)cc1. The second kappa shape index (κ2) is 5.78. The van der Waals surface area contributed by atoms with Gasteiger partial charge in [-0.25, -0.2) is 4.79 Å². The molecule has 0 saturated heterocycles.